The number of benzene rings is 1. The fourth-order valence-electron chi connectivity index (χ4n) is 4.86. The first kappa shape index (κ1) is 31.9. The zero-order valence-corrected chi connectivity index (χ0v) is 22.8. The van der Waals surface area contributed by atoms with Crippen LogP contribution in [0.1, 0.15) is 63.5 Å². The van der Waals surface area contributed by atoms with Gasteiger partial charge in [-0.3, -0.25) is 14.7 Å². The number of piperidine rings is 1. The maximum absolute atomic E-state index is 11.4. The van der Waals surface area contributed by atoms with Gasteiger partial charge in [0, 0.05) is 24.2 Å². The van der Waals surface area contributed by atoms with Crippen LogP contribution >= 0.6 is 0 Å². The van der Waals surface area contributed by atoms with Crippen molar-refractivity contribution in [2.45, 2.75) is 64.0 Å². The van der Waals surface area contributed by atoms with Crippen molar-refractivity contribution in [3.05, 3.63) is 36.0 Å². The Hall–Kier alpha value is -3.28. The first-order valence-corrected chi connectivity index (χ1v) is 13.4. The first-order valence-electron chi connectivity index (χ1n) is 13.4. The number of carboxylic acids is 3. The van der Waals surface area contributed by atoms with Crippen molar-refractivity contribution in [2.75, 3.05) is 39.8 Å². The Kier molecular flexibility index (Phi) is 13.6. The molecule has 0 amide bonds. The van der Waals surface area contributed by atoms with E-state index >= 15 is 0 Å². The molecule has 216 valence electrons. The molecule has 0 aliphatic carbocycles. The second-order valence-corrected chi connectivity index (χ2v) is 9.72. The average Bonchev–Trinajstić information content (AvgIpc) is 2.92. The van der Waals surface area contributed by atoms with E-state index in [4.69, 9.17) is 24.5 Å². The number of hydrogen-bond acceptors (Lipinski definition) is 8. The lowest BCUT2D eigenvalue weighted by molar-refractivity contribution is -0.159. The fraction of sp³-hybridized carbons (Fsp3) is 0.571. The van der Waals surface area contributed by atoms with Gasteiger partial charge in [-0.1, -0.05) is 32.6 Å². The van der Waals surface area contributed by atoms with Gasteiger partial charge in [0.05, 0.1) is 25.3 Å². The van der Waals surface area contributed by atoms with E-state index in [1.54, 1.807) is 13.3 Å². The molecular formula is C28H41N3O8. The molecule has 3 rings (SSSR count). The minimum atomic E-state index is -1.82. The molecule has 1 aliphatic heterocycles. The third kappa shape index (κ3) is 10.8. The van der Waals surface area contributed by atoms with E-state index in [9.17, 15) is 15.0 Å². The number of aliphatic carboxylic acids is 3. The van der Waals surface area contributed by atoms with Crippen LogP contribution in [0.25, 0.3) is 10.9 Å². The zero-order chi connectivity index (χ0) is 28.8. The number of hydrogen-bond donors (Lipinski definition) is 4. The van der Waals surface area contributed by atoms with Crippen molar-refractivity contribution < 1.29 is 39.5 Å². The fourth-order valence-corrected chi connectivity index (χ4v) is 4.86. The molecule has 1 atom stereocenters. The van der Waals surface area contributed by atoms with Crippen LogP contribution in [0.2, 0.25) is 0 Å². The van der Waals surface area contributed by atoms with Crippen molar-refractivity contribution in [1.29, 1.82) is 0 Å². The number of unbranched alkanes of at least 4 members (excludes halogenated alkanes) is 4. The van der Waals surface area contributed by atoms with Gasteiger partial charge in [-0.2, -0.15) is 0 Å². The molecule has 1 aromatic heterocycles. The predicted molar refractivity (Wildman–Crippen MR) is 146 cm³/mol. The van der Waals surface area contributed by atoms with Crippen LogP contribution < -0.4 is 4.74 Å². The number of carboxylic acid groups (broad SMARTS) is 3. The van der Waals surface area contributed by atoms with Gasteiger partial charge < -0.3 is 30.1 Å². The van der Waals surface area contributed by atoms with Crippen molar-refractivity contribution >= 4 is 28.8 Å². The molecule has 1 fully saturated rings. The highest BCUT2D eigenvalue weighted by atomic mass is 16.5. The zero-order valence-electron chi connectivity index (χ0n) is 22.8. The number of likely N-dealkylation sites (tertiary alicyclic amines) is 1. The summed E-state index contributed by atoms with van der Waals surface area (Å²) in [4.78, 5) is 38.5. The van der Waals surface area contributed by atoms with Crippen LogP contribution in [0.5, 0.6) is 5.75 Å². The van der Waals surface area contributed by atoms with Crippen LogP contribution in [-0.4, -0.2) is 99.0 Å². The van der Waals surface area contributed by atoms with Crippen LogP contribution in [0.4, 0.5) is 0 Å². The SMILES string of the molecule is CCCCCCCN(CC(=O)O)C1CCN(C[C@H](O)c2ccnc3ccc(OC)cc23)CC1.O=C(O)C(=O)O. The molecule has 1 saturated heterocycles. The number of fused-ring (bicyclic) bond motifs is 1. The minimum Gasteiger partial charge on any atom is -0.497 e. The van der Waals surface area contributed by atoms with E-state index in [0.717, 1.165) is 61.1 Å². The number of aromatic nitrogens is 1. The highest BCUT2D eigenvalue weighted by molar-refractivity contribution is 6.27. The molecule has 11 nitrogen and oxygen atoms in total. The van der Waals surface area contributed by atoms with E-state index in [1.807, 2.05) is 24.3 Å². The third-order valence-corrected chi connectivity index (χ3v) is 6.92. The average molecular weight is 548 g/mol. The Balaban J connectivity index is 0.000000798. The molecule has 0 unspecified atom stereocenters. The van der Waals surface area contributed by atoms with Crippen LogP contribution in [0, 0.1) is 0 Å². The molecule has 1 aliphatic rings. The minimum absolute atomic E-state index is 0.117. The first-order chi connectivity index (χ1) is 18.7. The predicted octanol–water partition coefficient (Wildman–Crippen LogP) is 3.25. The maximum Gasteiger partial charge on any atom is 0.414 e. The quantitative estimate of drug-likeness (QED) is 0.215. The van der Waals surface area contributed by atoms with Crippen LogP contribution in [-0.2, 0) is 14.4 Å². The normalized spacial score (nSPS) is 15.0. The number of aliphatic hydroxyl groups excluding tert-OH is 1. The Bertz CT molecular complexity index is 1060. The molecule has 0 saturated carbocycles. The third-order valence-electron chi connectivity index (χ3n) is 6.92. The Morgan fingerprint density at radius 3 is 2.31 bits per heavy atom. The summed E-state index contributed by atoms with van der Waals surface area (Å²) in [7, 11) is 1.64. The van der Waals surface area contributed by atoms with Crippen LogP contribution in [0.3, 0.4) is 0 Å². The van der Waals surface area contributed by atoms with Gasteiger partial charge in [0.15, 0.2) is 0 Å². The summed E-state index contributed by atoms with van der Waals surface area (Å²) in [5.41, 5.74) is 1.70. The van der Waals surface area contributed by atoms with E-state index in [0.29, 0.717) is 12.6 Å². The number of rotatable bonds is 13. The largest absolute Gasteiger partial charge is 0.497 e. The summed E-state index contributed by atoms with van der Waals surface area (Å²) in [6.07, 6.45) is 8.90. The van der Waals surface area contributed by atoms with Gasteiger partial charge in [-0.25, -0.2) is 9.59 Å². The van der Waals surface area contributed by atoms with E-state index < -0.39 is 24.0 Å². The van der Waals surface area contributed by atoms with Crippen molar-refractivity contribution in [3.8, 4) is 5.75 Å². The number of nitrogens with zero attached hydrogens (tertiary/aromatic N) is 3. The summed E-state index contributed by atoms with van der Waals surface area (Å²) < 4.78 is 5.35. The Morgan fingerprint density at radius 2 is 1.72 bits per heavy atom. The molecule has 1 aromatic carbocycles. The van der Waals surface area contributed by atoms with E-state index in [2.05, 4.69) is 21.7 Å². The lowest BCUT2D eigenvalue weighted by Gasteiger charge is -2.38. The number of methoxy groups -OCH3 is 1. The number of ether oxygens (including phenoxy) is 1. The van der Waals surface area contributed by atoms with Gasteiger partial charge in [-0.05, 0) is 68.7 Å². The van der Waals surface area contributed by atoms with Gasteiger partial charge in [-0.15, -0.1) is 0 Å². The van der Waals surface area contributed by atoms with Crippen molar-refractivity contribution in [1.82, 2.24) is 14.8 Å². The lowest BCUT2D eigenvalue weighted by atomic mass is 9.99. The van der Waals surface area contributed by atoms with Gasteiger partial charge in [0.1, 0.15) is 5.75 Å². The molecule has 11 heteroatoms. The van der Waals surface area contributed by atoms with Gasteiger partial charge in [0.2, 0.25) is 0 Å². The van der Waals surface area contributed by atoms with E-state index in [-0.39, 0.29) is 6.54 Å². The Morgan fingerprint density at radius 1 is 1.05 bits per heavy atom. The molecule has 0 bridgehead atoms. The smallest absolute Gasteiger partial charge is 0.414 e. The number of pyridine rings is 1. The van der Waals surface area contributed by atoms with Gasteiger partial charge in [0.25, 0.3) is 0 Å². The highest BCUT2D eigenvalue weighted by Crippen LogP contribution is 2.28. The standard InChI is InChI=1S/C26H39N3O4.C2H2O4/c1-3-4-5-6-7-14-29(19-26(31)32)20-11-15-28(16-12-20)18-25(30)22-10-13-27-24-9-8-21(33-2)17-23(22)24;3-1(4)2(5)6/h8-10,13,17,20,25,30H,3-7,11-12,14-16,18-19H2,1-2H3,(H,31,32);(H,3,4)(H,5,6)/t25-;/m0./s1. The maximum atomic E-state index is 11.4. The lowest BCUT2D eigenvalue weighted by Crippen LogP contribution is -2.47. The summed E-state index contributed by atoms with van der Waals surface area (Å²) in [6, 6.07) is 7.90. The molecule has 4 N–H and O–H groups in total. The summed E-state index contributed by atoms with van der Waals surface area (Å²) >= 11 is 0. The van der Waals surface area contributed by atoms with E-state index in [1.165, 1.54) is 25.7 Å². The molecular weight excluding hydrogens is 506 g/mol. The Labute approximate surface area is 229 Å². The number of aliphatic hydroxyl groups is 1. The molecule has 2 heterocycles. The van der Waals surface area contributed by atoms with Gasteiger partial charge >= 0.3 is 17.9 Å². The van der Waals surface area contributed by atoms with Crippen molar-refractivity contribution in [3.63, 3.8) is 0 Å². The number of β-amino-alcohol motifs (C(OH)–C–C–N with tert-alkyl or cyclic N) is 1. The van der Waals surface area contributed by atoms with Crippen molar-refractivity contribution in [2.24, 2.45) is 0 Å². The summed E-state index contributed by atoms with van der Waals surface area (Å²) in [5, 5.41) is 36.1. The molecule has 2 aromatic rings. The number of carbonyl (C=O) groups is 3. The monoisotopic (exact) mass is 547 g/mol. The summed E-state index contributed by atoms with van der Waals surface area (Å²) in [5.74, 6) is -3.65. The highest BCUT2D eigenvalue weighted by Gasteiger charge is 2.27. The van der Waals surface area contributed by atoms with Crippen LogP contribution in [0.15, 0.2) is 30.5 Å². The summed E-state index contributed by atoms with van der Waals surface area (Å²) in [6.45, 7) is 5.45. The second kappa shape index (κ2) is 16.6. The second-order valence-electron chi connectivity index (χ2n) is 9.72. The molecule has 39 heavy (non-hydrogen) atoms. The topological polar surface area (TPSA) is 161 Å². The molecule has 0 spiro atoms. The molecule has 0 radical (unpaired) electrons.